The Kier molecular flexibility index (Phi) is 5.35. The first-order valence-corrected chi connectivity index (χ1v) is 14.8. The summed E-state index contributed by atoms with van der Waals surface area (Å²) in [4.78, 5) is 1.11. The van der Waals surface area contributed by atoms with Crippen LogP contribution in [0.4, 0.5) is 0 Å². The third kappa shape index (κ3) is 4.18. The third-order valence-electron chi connectivity index (χ3n) is 3.33. The molecule has 0 spiro atoms. The maximum atomic E-state index is 5.91. The van der Waals surface area contributed by atoms with E-state index in [4.69, 9.17) is 11.6 Å². The summed E-state index contributed by atoms with van der Waals surface area (Å²) in [5.74, 6) is 0. The molecule has 0 radical (unpaired) electrons. The van der Waals surface area contributed by atoms with Crippen LogP contribution >= 0.6 is 78.4 Å². The second kappa shape index (κ2) is 5.93. The van der Waals surface area contributed by atoms with E-state index in [0.717, 1.165) is 11.4 Å². The van der Waals surface area contributed by atoms with E-state index in [1.807, 2.05) is 12.1 Å². The molecule has 6 heteroatoms. The topological polar surface area (TPSA) is 0 Å². The van der Waals surface area contributed by atoms with Gasteiger partial charge in [0.25, 0.3) is 0 Å². The maximum absolute atomic E-state index is 5.91. The van der Waals surface area contributed by atoms with E-state index in [2.05, 4.69) is 75.0 Å². The Labute approximate surface area is 146 Å². The van der Waals surface area contributed by atoms with Gasteiger partial charge in [0.15, 0.2) is 0 Å². The number of benzene rings is 1. The normalized spacial score (nSPS) is 31.7. The Hall–Kier alpha value is 1.86. The molecule has 0 bridgehead atoms. The predicted octanol–water partition coefficient (Wildman–Crippen LogP) is 6.60. The molecule has 18 heavy (non-hydrogen) atoms. The predicted molar refractivity (Wildman–Crippen MR) is 100.0 cm³/mol. The van der Waals surface area contributed by atoms with Crippen molar-refractivity contribution in [1.29, 1.82) is 0 Å². The average molecular weight is 544 g/mol. The SMILES string of the molecule is Clc1ccc(CCP2(Br)(Br)CC(Br)C(Br)C2)cc1. The second-order valence-corrected chi connectivity index (χ2v) is 25.8. The molecule has 0 saturated carbocycles. The minimum atomic E-state index is -1.88. The summed E-state index contributed by atoms with van der Waals surface area (Å²) < 4.78 is -1.88. The summed E-state index contributed by atoms with van der Waals surface area (Å²) in [7, 11) is 0. The van der Waals surface area contributed by atoms with Crippen molar-refractivity contribution in [2.24, 2.45) is 0 Å². The van der Waals surface area contributed by atoms with Crippen molar-refractivity contribution in [3.63, 3.8) is 0 Å². The van der Waals surface area contributed by atoms with Crippen LogP contribution in [0.15, 0.2) is 24.3 Å². The molecule has 1 aromatic rings. The quantitative estimate of drug-likeness (QED) is 0.298. The molecule has 2 atom stereocenters. The molecule has 0 aromatic heterocycles. The van der Waals surface area contributed by atoms with E-state index in [9.17, 15) is 0 Å². The first-order chi connectivity index (χ1) is 8.27. The van der Waals surface area contributed by atoms with Gasteiger partial charge < -0.3 is 0 Å². The molecule has 1 heterocycles. The molecule has 102 valence electrons. The number of aryl methyl sites for hydroxylation is 1. The third-order valence-corrected chi connectivity index (χ3v) is 16.4. The Morgan fingerprint density at radius 2 is 1.56 bits per heavy atom. The van der Waals surface area contributed by atoms with Crippen molar-refractivity contribution in [1.82, 2.24) is 0 Å². The minimum absolute atomic E-state index is 0.555. The van der Waals surface area contributed by atoms with Crippen LogP contribution in [-0.2, 0) is 6.42 Å². The molecular weight excluding hydrogens is 530 g/mol. The Morgan fingerprint density at radius 3 is 2.06 bits per heavy atom. The average Bonchev–Trinajstić information content (AvgIpc) is 2.49. The van der Waals surface area contributed by atoms with Gasteiger partial charge in [0.1, 0.15) is 0 Å². The van der Waals surface area contributed by atoms with Crippen LogP contribution < -0.4 is 0 Å². The fourth-order valence-corrected chi connectivity index (χ4v) is 20.3. The first-order valence-electron chi connectivity index (χ1n) is 5.74. The number of hydrogen-bond acceptors (Lipinski definition) is 0. The van der Waals surface area contributed by atoms with Crippen LogP contribution in [0.25, 0.3) is 0 Å². The van der Waals surface area contributed by atoms with Gasteiger partial charge in [0, 0.05) is 0 Å². The van der Waals surface area contributed by atoms with Crippen LogP contribution in [-0.4, -0.2) is 28.1 Å². The Bertz CT molecular complexity index is 420. The molecule has 2 rings (SSSR count). The van der Waals surface area contributed by atoms with E-state index in [0.29, 0.717) is 9.65 Å². The molecule has 0 aliphatic carbocycles. The molecule has 1 aliphatic heterocycles. The molecule has 1 aliphatic rings. The van der Waals surface area contributed by atoms with Crippen LogP contribution in [0.3, 0.4) is 0 Å². The summed E-state index contributed by atoms with van der Waals surface area (Å²) in [6.45, 7) is 0. The van der Waals surface area contributed by atoms with Gasteiger partial charge in [-0.15, -0.1) is 0 Å². The summed E-state index contributed by atoms with van der Waals surface area (Å²) in [5, 5.41) is 0.805. The van der Waals surface area contributed by atoms with Crippen LogP contribution in [0.2, 0.25) is 5.02 Å². The second-order valence-electron chi connectivity index (χ2n) is 4.95. The summed E-state index contributed by atoms with van der Waals surface area (Å²) in [6, 6.07) is 8.17. The van der Waals surface area contributed by atoms with E-state index >= 15 is 0 Å². The number of hydrogen-bond donors (Lipinski definition) is 0. The van der Waals surface area contributed by atoms with E-state index in [1.165, 1.54) is 24.0 Å². The molecule has 1 fully saturated rings. The van der Waals surface area contributed by atoms with Gasteiger partial charge in [-0.05, 0) is 0 Å². The standard InChI is InChI=1S/C12H14Br4ClP/c13-11-7-18(15,16,8-12(11)14)6-5-9-1-3-10(17)4-2-9/h1-4,11-12H,5-8H2. The van der Waals surface area contributed by atoms with Gasteiger partial charge in [0.2, 0.25) is 0 Å². The number of alkyl halides is 2. The molecule has 1 aromatic carbocycles. The monoisotopic (exact) mass is 540 g/mol. The van der Waals surface area contributed by atoms with Gasteiger partial charge >= 0.3 is 148 Å². The van der Waals surface area contributed by atoms with Crippen molar-refractivity contribution in [2.45, 2.75) is 16.1 Å². The fourth-order valence-electron chi connectivity index (χ4n) is 2.27. The number of halogens is 5. The van der Waals surface area contributed by atoms with Crippen molar-refractivity contribution < 1.29 is 0 Å². The Morgan fingerprint density at radius 1 is 1.06 bits per heavy atom. The summed E-state index contributed by atoms with van der Waals surface area (Å²) in [5.41, 5.74) is 1.35. The summed E-state index contributed by atoms with van der Waals surface area (Å²) in [6.07, 6.45) is 4.65. The van der Waals surface area contributed by atoms with Crippen LogP contribution in [0, 0.1) is 0 Å². The Balaban J connectivity index is 2.03. The van der Waals surface area contributed by atoms with E-state index in [1.54, 1.807) is 0 Å². The molecule has 1 saturated heterocycles. The molecule has 0 nitrogen and oxygen atoms in total. The van der Waals surface area contributed by atoms with Gasteiger partial charge in [-0.2, -0.15) is 0 Å². The van der Waals surface area contributed by atoms with E-state index < -0.39 is 4.01 Å². The van der Waals surface area contributed by atoms with Gasteiger partial charge in [-0.3, -0.25) is 0 Å². The molecule has 0 N–H and O–H groups in total. The van der Waals surface area contributed by atoms with Crippen LogP contribution in [0.1, 0.15) is 5.56 Å². The zero-order chi connectivity index (χ0) is 13.4. The zero-order valence-electron chi connectivity index (χ0n) is 9.63. The first kappa shape index (κ1) is 16.2. The molecule has 2 unspecified atom stereocenters. The van der Waals surface area contributed by atoms with Crippen LogP contribution in [0.5, 0.6) is 0 Å². The van der Waals surface area contributed by atoms with Gasteiger partial charge in [0.05, 0.1) is 0 Å². The van der Waals surface area contributed by atoms with Crippen molar-refractivity contribution >= 4 is 78.4 Å². The van der Waals surface area contributed by atoms with Gasteiger partial charge in [-0.25, -0.2) is 0 Å². The molecule has 0 amide bonds. The summed E-state index contributed by atoms with van der Waals surface area (Å²) >= 11 is 21.6. The van der Waals surface area contributed by atoms with Crippen molar-refractivity contribution in [2.75, 3.05) is 18.5 Å². The van der Waals surface area contributed by atoms with Gasteiger partial charge in [-0.1, -0.05) is 0 Å². The fraction of sp³-hybridized carbons (Fsp3) is 0.500. The number of rotatable bonds is 3. The van der Waals surface area contributed by atoms with E-state index in [-0.39, 0.29) is 0 Å². The van der Waals surface area contributed by atoms with Crippen molar-refractivity contribution in [3.05, 3.63) is 34.9 Å². The van der Waals surface area contributed by atoms with Crippen molar-refractivity contribution in [3.8, 4) is 0 Å². The zero-order valence-corrected chi connectivity index (χ0v) is 17.6. The molecular formula is C12H14Br4ClP.